The van der Waals surface area contributed by atoms with E-state index in [2.05, 4.69) is 55.6 Å². The van der Waals surface area contributed by atoms with Crippen LogP contribution in [-0.2, 0) is 7.05 Å². The van der Waals surface area contributed by atoms with Crippen molar-refractivity contribution in [3.63, 3.8) is 0 Å². The molecule has 15 heavy (non-hydrogen) atoms. The summed E-state index contributed by atoms with van der Waals surface area (Å²) in [5.74, 6) is 0. The first-order valence-corrected chi connectivity index (χ1v) is 5.39. The van der Waals surface area contributed by atoms with Crippen molar-refractivity contribution in [3.8, 4) is 0 Å². The highest BCUT2D eigenvalue weighted by molar-refractivity contribution is 5.11. The SMILES string of the molecule is CC/C(C)=C(\C)N=c1ccc(C)cn1C. The lowest BCUT2D eigenvalue weighted by Gasteiger charge is -2.03. The molecular formula is C13H20N2. The molecule has 0 saturated heterocycles. The average Bonchev–Trinajstić information content (AvgIpc) is 2.20. The second kappa shape index (κ2) is 4.96. The summed E-state index contributed by atoms with van der Waals surface area (Å²) in [6.07, 6.45) is 3.15. The Balaban J connectivity index is 3.22. The van der Waals surface area contributed by atoms with Crippen LogP contribution >= 0.6 is 0 Å². The zero-order valence-corrected chi connectivity index (χ0v) is 10.3. The average molecular weight is 204 g/mol. The van der Waals surface area contributed by atoms with E-state index in [0.29, 0.717) is 0 Å². The minimum absolute atomic E-state index is 1.01. The van der Waals surface area contributed by atoms with E-state index in [-0.39, 0.29) is 0 Å². The fourth-order valence-electron chi connectivity index (χ4n) is 1.38. The lowest BCUT2D eigenvalue weighted by atomic mass is 10.2. The number of pyridine rings is 1. The van der Waals surface area contributed by atoms with Crippen molar-refractivity contribution in [1.82, 2.24) is 4.57 Å². The monoisotopic (exact) mass is 204 g/mol. The smallest absolute Gasteiger partial charge is 0.132 e. The van der Waals surface area contributed by atoms with Gasteiger partial charge in [0.25, 0.3) is 0 Å². The second-order valence-corrected chi connectivity index (χ2v) is 4.01. The van der Waals surface area contributed by atoms with Crippen LogP contribution in [0.25, 0.3) is 0 Å². The number of nitrogens with zero attached hydrogens (tertiary/aromatic N) is 2. The largest absolute Gasteiger partial charge is 0.336 e. The Bertz CT molecular complexity index is 436. The molecule has 0 bridgehead atoms. The number of rotatable bonds is 2. The predicted molar refractivity (Wildman–Crippen MR) is 64.4 cm³/mol. The van der Waals surface area contributed by atoms with E-state index in [1.165, 1.54) is 11.1 Å². The molecule has 0 aliphatic carbocycles. The van der Waals surface area contributed by atoms with E-state index in [0.717, 1.165) is 17.6 Å². The number of aromatic nitrogens is 1. The third kappa shape index (κ3) is 3.08. The van der Waals surface area contributed by atoms with Crippen LogP contribution < -0.4 is 5.49 Å². The van der Waals surface area contributed by atoms with E-state index in [4.69, 9.17) is 0 Å². The third-order valence-corrected chi connectivity index (χ3v) is 2.68. The molecule has 0 atom stereocenters. The quantitative estimate of drug-likeness (QED) is 0.705. The maximum absolute atomic E-state index is 4.61. The van der Waals surface area contributed by atoms with Gasteiger partial charge in [0.1, 0.15) is 5.49 Å². The fourth-order valence-corrected chi connectivity index (χ4v) is 1.38. The Morgan fingerprint density at radius 1 is 1.33 bits per heavy atom. The van der Waals surface area contributed by atoms with Crippen molar-refractivity contribution in [2.24, 2.45) is 12.0 Å². The lowest BCUT2D eigenvalue weighted by molar-refractivity contribution is 0.816. The first-order valence-electron chi connectivity index (χ1n) is 5.39. The molecule has 0 N–H and O–H groups in total. The summed E-state index contributed by atoms with van der Waals surface area (Å²) in [5.41, 5.74) is 4.73. The molecule has 2 nitrogen and oxygen atoms in total. The van der Waals surface area contributed by atoms with E-state index < -0.39 is 0 Å². The molecule has 0 aliphatic rings. The molecule has 0 aromatic carbocycles. The highest BCUT2D eigenvalue weighted by Gasteiger charge is 1.93. The molecule has 1 heterocycles. The Hall–Kier alpha value is -1.31. The van der Waals surface area contributed by atoms with Crippen molar-refractivity contribution in [1.29, 1.82) is 0 Å². The molecule has 2 heteroatoms. The molecule has 1 aromatic rings. The van der Waals surface area contributed by atoms with Crippen molar-refractivity contribution >= 4 is 0 Å². The van der Waals surface area contributed by atoms with Crippen molar-refractivity contribution in [2.75, 3.05) is 0 Å². The van der Waals surface area contributed by atoms with Crippen LogP contribution in [0.1, 0.15) is 32.8 Å². The Morgan fingerprint density at radius 3 is 2.53 bits per heavy atom. The number of aryl methyl sites for hydroxylation is 2. The highest BCUT2D eigenvalue weighted by atomic mass is 15.0. The Labute approximate surface area is 92.0 Å². The first-order chi connectivity index (χ1) is 7.04. The van der Waals surface area contributed by atoms with E-state index in [9.17, 15) is 0 Å². The van der Waals surface area contributed by atoms with Gasteiger partial charge in [0.2, 0.25) is 0 Å². The van der Waals surface area contributed by atoms with E-state index in [1.54, 1.807) is 0 Å². The number of allylic oxidation sites excluding steroid dienone is 2. The molecule has 0 aliphatic heterocycles. The van der Waals surface area contributed by atoms with Gasteiger partial charge in [-0.25, -0.2) is 4.99 Å². The van der Waals surface area contributed by atoms with Gasteiger partial charge in [-0.15, -0.1) is 0 Å². The molecule has 0 unspecified atom stereocenters. The summed E-state index contributed by atoms with van der Waals surface area (Å²) in [4.78, 5) is 4.61. The van der Waals surface area contributed by atoms with Crippen LogP contribution in [-0.4, -0.2) is 4.57 Å². The highest BCUT2D eigenvalue weighted by Crippen LogP contribution is 2.06. The summed E-state index contributed by atoms with van der Waals surface area (Å²) in [7, 11) is 2.03. The standard InChI is InChI=1S/C13H20N2/c1-6-11(3)12(4)14-13-8-7-10(2)9-15(13)5/h7-9H,6H2,1-5H3/b12-11+,14-13?. The first kappa shape index (κ1) is 11.8. The van der Waals surface area contributed by atoms with Crippen LogP contribution in [0.4, 0.5) is 0 Å². The van der Waals surface area contributed by atoms with Gasteiger partial charge in [0, 0.05) is 18.9 Å². The van der Waals surface area contributed by atoms with Gasteiger partial charge < -0.3 is 4.57 Å². The van der Waals surface area contributed by atoms with Crippen LogP contribution in [0.3, 0.4) is 0 Å². The van der Waals surface area contributed by atoms with Crippen LogP contribution in [0, 0.1) is 6.92 Å². The van der Waals surface area contributed by atoms with Crippen molar-refractivity contribution in [2.45, 2.75) is 34.1 Å². The van der Waals surface area contributed by atoms with Gasteiger partial charge in [-0.2, -0.15) is 0 Å². The van der Waals surface area contributed by atoms with Gasteiger partial charge in [-0.3, -0.25) is 0 Å². The van der Waals surface area contributed by atoms with Crippen LogP contribution in [0.5, 0.6) is 0 Å². The predicted octanol–water partition coefficient (Wildman–Crippen LogP) is 2.94. The number of hydrogen-bond acceptors (Lipinski definition) is 1. The van der Waals surface area contributed by atoms with Crippen LogP contribution in [0.2, 0.25) is 0 Å². The fraction of sp³-hybridized carbons (Fsp3) is 0.462. The summed E-state index contributed by atoms with van der Waals surface area (Å²) >= 11 is 0. The molecular weight excluding hydrogens is 184 g/mol. The summed E-state index contributed by atoms with van der Waals surface area (Å²) in [5, 5.41) is 0. The number of hydrogen-bond donors (Lipinski definition) is 0. The molecule has 1 aromatic heterocycles. The zero-order valence-electron chi connectivity index (χ0n) is 10.3. The molecule has 0 fully saturated rings. The molecule has 82 valence electrons. The molecule has 1 rings (SSSR count). The normalized spacial score (nSPS) is 14.1. The zero-order chi connectivity index (χ0) is 11.4. The van der Waals surface area contributed by atoms with E-state index >= 15 is 0 Å². The van der Waals surface area contributed by atoms with Gasteiger partial charge in [0.15, 0.2) is 0 Å². The van der Waals surface area contributed by atoms with Crippen molar-refractivity contribution < 1.29 is 0 Å². The van der Waals surface area contributed by atoms with Crippen LogP contribution in [0.15, 0.2) is 34.6 Å². The van der Waals surface area contributed by atoms with Gasteiger partial charge in [0.05, 0.1) is 0 Å². The Kier molecular flexibility index (Phi) is 3.89. The van der Waals surface area contributed by atoms with Gasteiger partial charge in [-0.05, 0) is 38.8 Å². The van der Waals surface area contributed by atoms with Gasteiger partial charge >= 0.3 is 0 Å². The maximum atomic E-state index is 4.61. The summed E-state index contributed by atoms with van der Waals surface area (Å²) in [6.45, 7) is 8.44. The maximum Gasteiger partial charge on any atom is 0.132 e. The Morgan fingerprint density at radius 2 is 2.00 bits per heavy atom. The second-order valence-electron chi connectivity index (χ2n) is 4.01. The molecule has 0 amide bonds. The summed E-state index contributed by atoms with van der Waals surface area (Å²) < 4.78 is 2.06. The summed E-state index contributed by atoms with van der Waals surface area (Å²) in [6, 6.07) is 4.15. The van der Waals surface area contributed by atoms with E-state index in [1.807, 2.05) is 7.05 Å². The molecule has 0 radical (unpaired) electrons. The third-order valence-electron chi connectivity index (χ3n) is 2.68. The lowest BCUT2D eigenvalue weighted by Crippen LogP contribution is -2.17. The minimum Gasteiger partial charge on any atom is -0.336 e. The van der Waals surface area contributed by atoms with Crippen molar-refractivity contribution in [3.05, 3.63) is 40.7 Å². The molecule has 0 spiro atoms. The topological polar surface area (TPSA) is 17.3 Å². The minimum atomic E-state index is 1.01. The molecule has 0 saturated carbocycles. The van der Waals surface area contributed by atoms with Gasteiger partial charge in [-0.1, -0.05) is 18.6 Å².